The van der Waals surface area contributed by atoms with Crippen molar-refractivity contribution in [3.05, 3.63) is 28.2 Å². The van der Waals surface area contributed by atoms with E-state index in [9.17, 15) is 4.79 Å². The maximum atomic E-state index is 12.4. The molecule has 1 aliphatic rings. The minimum absolute atomic E-state index is 0.129. The summed E-state index contributed by atoms with van der Waals surface area (Å²) in [5, 5.41) is 3.08. The Morgan fingerprint density at radius 2 is 2.17 bits per heavy atom. The quantitative estimate of drug-likeness (QED) is 0.855. The van der Waals surface area contributed by atoms with Crippen LogP contribution in [0.3, 0.4) is 0 Å². The first kappa shape index (κ1) is 13.6. The summed E-state index contributed by atoms with van der Waals surface area (Å²) < 4.78 is 1.03. The molecule has 1 aliphatic carbocycles. The predicted octanol–water partition coefficient (Wildman–Crippen LogP) is 4.52. The zero-order valence-corrected chi connectivity index (χ0v) is 12.8. The van der Waals surface area contributed by atoms with Crippen LogP contribution in [0, 0.1) is 18.3 Å². The molecule has 2 nitrogen and oxygen atoms in total. The Morgan fingerprint density at radius 3 is 2.78 bits per heavy atom. The molecule has 1 atom stereocenters. The molecule has 2 rings (SSSR count). The van der Waals surface area contributed by atoms with Crippen LogP contribution in [0.15, 0.2) is 22.7 Å². The second-order valence-electron chi connectivity index (χ2n) is 5.84. The lowest BCUT2D eigenvalue weighted by Crippen LogP contribution is -2.31. The van der Waals surface area contributed by atoms with E-state index in [-0.39, 0.29) is 17.2 Å². The van der Waals surface area contributed by atoms with E-state index in [0.29, 0.717) is 0 Å². The zero-order chi connectivity index (χ0) is 13.3. The number of carbonyl (C=O) groups is 1. The molecule has 0 bridgehead atoms. The van der Waals surface area contributed by atoms with Gasteiger partial charge in [-0.15, -0.1) is 0 Å². The molecule has 0 radical (unpaired) electrons. The number of hydrogen-bond donors (Lipinski definition) is 1. The lowest BCUT2D eigenvalue weighted by atomic mass is 9.81. The second kappa shape index (κ2) is 5.04. The van der Waals surface area contributed by atoms with E-state index < -0.39 is 0 Å². The van der Waals surface area contributed by atoms with Crippen LogP contribution in [0.4, 0.5) is 5.69 Å². The van der Waals surface area contributed by atoms with Crippen LogP contribution < -0.4 is 5.32 Å². The summed E-state index contributed by atoms with van der Waals surface area (Å²) in [7, 11) is 0. The van der Waals surface area contributed by atoms with Gasteiger partial charge in [0.25, 0.3) is 0 Å². The predicted molar refractivity (Wildman–Crippen MR) is 78.6 cm³/mol. The molecular formula is C15H20BrNO. The first-order valence-electron chi connectivity index (χ1n) is 6.48. The van der Waals surface area contributed by atoms with Gasteiger partial charge in [-0.3, -0.25) is 4.79 Å². The number of anilines is 1. The van der Waals surface area contributed by atoms with Crippen LogP contribution in [0.2, 0.25) is 0 Å². The fourth-order valence-corrected chi connectivity index (χ4v) is 3.14. The molecule has 1 saturated carbocycles. The minimum atomic E-state index is 0.129. The van der Waals surface area contributed by atoms with Gasteiger partial charge in [0.05, 0.1) is 0 Å². The van der Waals surface area contributed by atoms with Crippen molar-refractivity contribution in [3.8, 4) is 0 Å². The van der Waals surface area contributed by atoms with E-state index >= 15 is 0 Å². The molecule has 1 N–H and O–H groups in total. The number of carbonyl (C=O) groups excluding carboxylic acids is 1. The van der Waals surface area contributed by atoms with Gasteiger partial charge >= 0.3 is 0 Å². The van der Waals surface area contributed by atoms with Crippen LogP contribution in [0.1, 0.15) is 38.7 Å². The molecule has 3 heteroatoms. The minimum Gasteiger partial charge on any atom is -0.326 e. The Kier molecular flexibility index (Phi) is 3.81. The third-order valence-corrected chi connectivity index (χ3v) is 4.96. The lowest BCUT2D eigenvalue weighted by molar-refractivity contribution is -0.122. The van der Waals surface area contributed by atoms with Crippen LogP contribution in [0.25, 0.3) is 0 Å². The van der Waals surface area contributed by atoms with Gasteiger partial charge in [0.15, 0.2) is 0 Å². The van der Waals surface area contributed by atoms with Gasteiger partial charge in [0, 0.05) is 16.1 Å². The third kappa shape index (κ3) is 2.61. The highest BCUT2D eigenvalue weighted by atomic mass is 79.9. The molecule has 0 saturated heterocycles. The Hall–Kier alpha value is -0.830. The molecule has 0 heterocycles. The molecule has 98 valence electrons. The third-order valence-electron chi connectivity index (χ3n) is 4.10. The number of rotatable bonds is 2. The van der Waals surface area contributed by atoms with Crippen LogP contribution in [0.5, 0.6) is 0 Å². The monoisotopic (exact) mass is 309 g/mol. The number of hydrogen-bond acceptors (Lipinski definition) is 1. The highest BCUT2D eigenvalue weighted by molar-refractivity contribution is 9.10. The maximum Gasteiger partial charge on any atom is 0.228 e. The van der Waals surface area contributed by atoms with Crippen LogP contribution in [-0.2, 0) is 4.79 Å². The van der Waals surface area contributed by atoms with Gasteiger partial charge in [0.2, 0.25) is 5.91 Å². The number of amides is 1. The van der Waals surface area contributed by atoms with Gasteiger partial charge in [-0.2, -0.15) is 0 Å². The summed E-state index contributed by atoms with van der Waals surface area (Å²) in [5.41, 5.74) is 2.13. The summed E-state index contributed by atoms with van der Waals surface area (Å²) in [5.74, 6) is 0.301. The maximum absolute atomic E-state index is 12.4. The van der Waals surface area contributed by atoms with Gasteiger partial charge in [-0.25, -0.2) is 0 Å². The molecule has 0 aromatic heterocycles. The molecular weight excluding hydrogens is 290 g/mol. The molecule has 0 spiro atoms. The van der Waals surface area contributed by atoms with Crippen molar-refractivity contribution in [2.45, 2.75) is 40.0 Å². The van der Waals surface area contributed by atoms with E-state index in [4.69, 9.17) is 0 Å². The first-order valence-corrected chi connectivity index (χ1v) is 7.27. The highest BCUT2D eigenvalue weighted by Crippen LogP contribution is 2.43. The van der Waals surface area contributed by atoms with Crippen LogP contribution in [-0.4, -0.2) is 5.91 Å². The normalized spacial score (nSPS) is 21.9. The molecule has 1 unspecified atom stereocenters. The SMILES string of the molecule is Cc1c(Br)cccc1NC(=O)C1CCCC1(C)C. The summed E-state index contributed by atoms with van der Waals surface area (Å²) in [6.45, 7) is 6.40. The number of benzene rings is 1. The summed E-state index contributed by atoms with van der Waals surface area (Å²) >= 11 is 3.49. The van der Waals surface area contributed by atoms with Gasteiger partial charge in [-0.05, 0) is 42.9 Å². The Labute approximate surface area is 117 Å². The van der Waals surface area contributed by atoms with E-state index in [0.717, 1.165) is 35.0 Å². The van der Waals surface area contributed by atoms with Crippen LogP contribution >= 0.6 is 15.9 Å². The largest absolute Gasteiger partial charge is 0.326 e. The average molecular weight is 310 g/mol. The molecule has 0 aliphatic heterocycles. The first-order chi connectivity index (χ1) is 8.42. The van der Waals surface area contributed by atoms with Crippen molar-refractivity contribution in [2.24, 2.45) is 11.3 Å². The summed E-state index contributed by atoms with van der Waals surface area (Å²) in [6, 6.07) is 5.90. The fourth-order valence-electron chi connectivity index (χ4n) is 2.78. The zero-order valence-electron chi connectivity index (χ0n) is 11.2. The Morgan fingerprint density at radius 1 is 1.44 bits per heavy atom. The van der Waals surface area contributed by atoms with Crippen molar-refractivity contribution in [1.29, 1.82) is 0 Å². The lowest BCUT2D eigenvalue weighted by Gasteiger charge is -2.26. The van der Waals surface area contributed by atoms with E-state index in [2.05, 4.69) is 35.1 Å². The van der Waals surface area contributed by atoms with Crippen molar-refractivity contribution < 1.29 is 4.79 Å². The second-order valence-corrected chi connectivity index (χ2v) is 6.69. The van der Waals surface area contributed by atoms with E-state index in [1.54, 1.807) is 0 Å². The standard InChI is InChI=1S/C15H20BrNO/c1-10-12(16)7-4-8-13(10)17-14(18)11-6-5-9-15(11,2)3/h4,7-8,11H,5-6,9H2,1-3H3,(H,17,18). The summed E-state index contributed by atoms with van der Waals surface area (Å²) in [6.07, 6.45) is 3.30. The fraction of sp³-hybridized carbons (Fsp3) is 0.533. The van der Waals surface area contributed by atoms with Crippen molar-refractivity contribution >= 4 is 27.5 Å². The molecule has 1 aromatic carbocycles. The highest BCUT2D eigenvalue weighted by Gasteiger charge is 2.39. The molecule has 1 aromatic rings. The molecule has 1 fully saturated rings. The van der Waals surface area contributed by atoms with Crippen molar-refractivity contribution in [1.82, 2.24) is 0 Å². The smallest absolute Gasteiger partial charge is 0.228 e. The Bertz CT molecular complexity index is 468. The van der Waals surface area contributed by atoms with Crippen molar-refractivity contribution in [3.63, 3.8) is 0 Å². The average Bonchev–Trinajstić information content (AvgIpc) is 2.65. The van der Waals surface area contributed by atoms with Crippen molar-refractivity contribution in [2.75, 3.05) is 5.32 Å². The van der Waals surface area contributed by atoms with Gasteiger partial charge in [-0.1, -0.05) is 42.3 Å². The number of nitrogens with one attached hydrogen (secondary N) is 1. The molecule has 1 amide bonds. The van der Waals surface area contributed by atoms with E-state index in [1.165, 1.54) is 0 Å². The number of halogens is 1. The topological polar surface area (TPSA) is 29.1 Å². The van der Waals surface area contributed by atoms with E-state index in [1.807, 2.05) is 25.1 Å². The van der Waals surface area contributed by atoms with Gasteiger partial charge < -0.3 is 5.32 Å². The molecule has 18 heavy (non-hydrogen) atoms. The Balaban J connectivity index is 2.15. The summed E-state index contributed by atoms with van der Waals surface area (Å²) in [4.78, 5) is 12.4. The van der Waals surface area contributed by atoms with Gasteiger partial charge in [0.1, 0.15) is 0 Å².